The second kappa shape index (κ2) is 9.92. The Morgan fingerprint density at radius 3 is 1.31 bits per heavy atom. The zero-order valence-electron chi connectivity index (χ0n) is 17.3. The molecule has 2 nitrogen and oxygen atoms in total. The highest BCUT2D eigenvalue weighted by atomic mass is 15.2. The van der Waals surface area contributed by atoms with Crippen LogP contribution in [-0.4, -0.2) is 48.1 Å². The van der Waals surface area contributed by atoms with Crippen LogP contribution in [0.2, 0.25) is 0 Å². The van der Waals surface area contributed by atoms with Gasteiger partial charge in [-0.15, -0.1) is 0 Å². The summed E-state index contributed by atoms with van der Waals surface area (Å²) in [7, 11) is 0. The summed E-state index contributed by atoms with van der Waals surface area (Å²) in [5.41, 5.74) is 0. The molecule has 4 fully saturated rings. The van der Waals surface area contributed by atoms with Gasteiger partial charge in [0.1, 0.15) is 0 Å². The standard InChI is InChI=1S/C24H44N2/c1-3-11-21(12-4-1)23-15-9-19-25(23)17-7-8-18-26-20-10-16-24(26)22-13-5-2-6-14-22/h21-24H,1-20H2. The predicted octanol–water partition coefficient (Wildman–Crippen LogP) is 5.86. The zero-order chi connectivity index (χ0) is 17.6. The first-order valence-electron chi connectivity index (χ1n) is 12.4. The highest BCUT2D eigenvalue weighted by Gasteiger charge is 2.33. The first-order valence-corrected chi connectivity index (χ1v) is 12.4. The van der Waals surface area contributed by atoms with Crippen LogP contribution in [0.1, 0.15) is 103 Å². The molecule has 0 N–H and O–H groups in total. The van der Waals surface area contributed by atoms with Gasteiger partial charge in [0, 0.05) is 12.1 Å². The third-order valence-electron chi connectivity index (χ3n) is 8.36. The van der Waals surface area contributed by atoms with Crippen molar-refractivity contribution in [3.63, 3.8) is 0 Å². The lowest BCUT2D eigenvalue weighted by Crippen LogP contribution is -2.38. The fourth-order valence-corrected chi connectivity index (χ4v) is 6.99. The van der Waals surface area contributed by atoms with Gasteiger partial charge in [0.2, 0.25) is 0 Å². The smallest absolute Gasteiger partial charge is 0.0124 e. The average Bonchev–Trinajstić information content (AvgIpc) is 3.36. The van der Waals surface area contributed by atoms with E-state index in [1.165, 1.54) is 129 Å². The maximum Gasteiger partial charge on any atom is 0.0124 e. The van der Waals surface area contributed by atoms with Crippen LogP contribution in [0.5, 0.6) is 0 Å². The number of hydrogen-bond donors (Lipinski definition) is 0. The molecular weight excluding hydrogens is 316 g/mol. The summed E-state index contributed by atoms with van der Waals surface area (Å²) in [5.74, 6) is 2.08. The molecule has 0 spiro atoms. The lowest BCUT2D eigenvalue weighted by atomic mass is 9.83. The molecule has 0 aromatic carbocycles. The second-order valence-electron chi connectivity index (χ2n) is 9.99. The van der Waals surface area contributed by atoms with Crippen molar-refractivity contribution in [3.05, 3.63) is 0 Å². The molecule has 2 saturated heterocycles. The Balaban J connectivity index is 1.17. The normalized spacial score (nSPS) is 33.2. The fraction of sp³-hybridized carbons (Fsp3) is 1.00. The van der Waals surface area contributed by atoms with Crippen molar-refractivity contribution in [3.8, 4) is 0 Å². The highest BCUT2D eigenvalue weighted by molar-refractivity contribution is 4.88. The van der Waals surface area contributed by atoms with Crippen LogP contribution >= 0.6 is 0 Å². The number of likely N-dealkylation sites (tertiary alicyclic amines) is 2. The Kier molecular flexibility index (Phi) is 7.34. The van der Waals surface area contributed by atoms with Crippen molar-refractivity contribution in [1.29, 1.82) is 0 Å². The van der Waals surface area contributed by atoms with E-state index in [2.05, 4.69) is 9.80 Å². The SMILES string of the molecule is C1CCC(C2CCCN2CCCCN2CCCC2C2CCCCC2)CC1. The van der Waals surface area contributed by atoms with E-state index < -0.39 is 0 Å². The van der Waals surface area contributed by atoms with Gasteiger partial charge in [0.05, 0.1) is 0 Å². The van der Waals surface area contributed by atoms with Crippen molar-refractivity contribution in [2.45, 2.75) is 115 Å². The average molecular weight is 361 g/mol. The molecule has 2 saturated carbocycles. The molecule has 2 aliphatic carbocycles. The van der Waals surface area contributed by atoms with Crippen LogP contribution in [0.3, 0.4) is 0 Å². The Hall–Kier alpha value is -0.0800. The minimum Gasteiger partial charge on any atom is -0.300 e. The number of rotatable bonds is 7. The quantitative estimate of drug-likeness (QED) is 0.525. The Bertz CT molecular complexity index is 359. The molecule has 2 aliphatic heterocycles. The molecule has 4 rings (SSSR count). The third kappa shape index (κ3) is 4.85. The lowest BCUT2D eigenvalue weighted by Gasteiger charge is -2.35. The molecule has 26 heavy (non-hydrogen) atoms. The molecule has 0 radical (unpaired) electrons. The predicted molar refractivity (Wildman–Crippen MR) is 112 cm³/mol. The van der Waals surface area contributed by atoms with Crippen LogP contribution < -0.4 is 0 Å². The zero-order valence-corrected chi connectivity index (χ0v) is 17.3. The van der Waals surface area contributed by atoms with E-state index in [1.807, 2.05) is 0 Å². The van der Waals surface area contributed by atoms with Crippen molar-refractivity contribution in [1.82, 2.24) is 9.80 Å². The van der Waals surface area contributed by atoms with Crippen molar-refractivity contribution in [2.24, 2.45) is 11.8 Å². The van der Waals surface area contributed by atoms with Gasteiger partial charge >= 0.3 is 0 Å². The second-order valence-corrected chi connectivity index (χ2v) is 9.99. The fourth-order valence-electron chi connectivity index (χ4n) is 6.99. The molecule has 2 heterocycles. The van der Waals surface area contributed by atoms with Gasteiger partial charge in [-0.05, 0) is 102 Å². The van der Waals surface area contributed by atoms with Gasteiger partial charge in [-0.2, -0.15) is 0 Å². The molecule has 2 atom stereocenters. The van der Waals surface area contributed by atoms with Crippen LogP contribution in [0, 0.1) is 11.8 Å². The van der Waals surface area contributed by atoms with Crippen molar-refractivity contribution in [2.75, 3.05) is 26.2 Å². The summed E-state index contributed by atoms with van der Waals surface area (Å²) < 4.78 is 0. The van der Waals surface area contributed by atoms with Gasteiger partial charge in [0.15, 0.2) is 0 Å². The maximum absolute atomic E-state index is 2.90. The third-order valence-corrected chi connectivity index (χ3v) is 8.36. The van der Waals surface area contributed by atoms with Gasteiger partial charge in [-0.3, -0.25) is 0 Å². The first-order chi connectivity index (χ1) is 12.9. The van der Waals surface area contributed by atoms with Crippen LogP contribution in [0.25, 0.3) is 0 Å². The molecule has 0 aromatic heterocycles. The summed E-state index contributed by atoms with van der Waals surface area (Å²) >= 11 is 0. The van der Waals surface area contributed by atoms with Gasteiger partial charge in [-0.1, -0.05) is 38.5 Å². The van der Waals surface area contributed by atoms with Crippen molar-refractivity contribution < 1.29 is 0 Å². The van der Waals surface area contributed by atoms with E-state index in [-0.39, 0.29) is 0 Å². The van der Waals surface area contributed by atoms with Crippen molar-refractivity contribution >= 4 is 0 Å². The van der Waals surface area contributed by atoms with Gasteiger partial charge in [0.25, 0.3) is 0 Å². The van der Waals surface area contributed by atoms with E-state index >= 15 is 0 Å². The van der Waals surface area contributed by atoms with E-state index in [1.54, 1.807) is 0 Å². The molecule has 2 heteroatoms. The maximum atomic E-state index is 2.90. The van der Waals surface area contributed by atoms with Crippen LogP contribution in [0.4, 0.5) is 0 Å². The summed E-state index contributed by atoms with van der Waals surface area (Å²) in [6, 6.07) is 1.91. The lowest BCUT2D eigenvalue weighted by molar-refractivity contribution is 0.140. The van der Waals surface area contributed by atoms with E-state index in [9.17, 15) is 0 Å². The number of unbranched alkanes of at least 4 members (excludes halogenated alkanes) is 1. The van der Waals surface area contributed by atoms with E-state index in [0.29, 0.717) is 0 Å². The molecule has 150 valence electrons. The Morgan fingerprint density at radius 2 is 0.885 bits per heavy atom. The minimum atomic E-state index is 0.956. The topological polar surface area (TPSA) is 6.48 Å². The summed E-state index contributed by atoms with van der Waals surface area (Å²) in [4.78, 5) is 5.80. The van der Waals surface area contributed by atoms with Gasteiger partial charge < -0.3 is 9.80 Å². The molecule has 0 amide bonds. The number of hydrogen-bond acceptors (Lipinski definition) is 2. The Labute approximate surface area is 163 Å². The van der Waals surface area contributed by atoms with Gasteiger partial charge in [-0.25, -0.2) is 0 Å². The molecule has 4 aliphatic rings. The molecule has 2 unspecified atom stereocenters. The largest absolute Gasteiger partial charge is 0.300 e. The summed E-state index contributed by atoms with van der Waals surface area (Å²) in [6.07, 6.45) is 24.0. The summed E-state index contributed by atoms with van der Waals surface area (Å²) in [5, 5.41) is 0. The highest BCUT2D eigenvalue weighted by Crippen LogP contribution is 2.35. The first kappa shape index (κ1) is 19.2. The van der Waals surface area contributed by atoms with E-state index in [0.717, 1.165) is 23.9 Å². The molecule has 0 aromatic rings. The monoisotopic (exact) mass is 360 g/mol. The van der Waals surface area contributed by atoms with Crippen LogP contribution in [-0.2, 0) is 0 Å². The number of nitrogens with zero attached hydrogens (tertiary/aromatic N) is 2. The Morgan fingerprint density at radius 1 is 0.462 bits per heavy atom. The minimum absolute atomic E-state index is 0.956. The van der Waals surface area contributed by atoms with E-state index in [4.69, 9.17) is 0 Å². The summed E-state index contributed by atoms with van der Waals surface area (Å²) in [6.45, 7) is 5.58. The molecular formula is C24H44N2. The van der Waals surface area contributed by atoms with Crippen LogP contribution in [0.15, 0.2) is 0 Å². The molecule has 0 bridgehead atoms.